The lowest BCUT2D eigenvalue weighted by Crippen LogP contribution is -2.50. The molecule has 2 heteroatoms. The molecule has 0 saturated heterocycles. The van der Waals surface area contributed by atoms with Crippen LogP contribution in [0.3, 0.4) is 0 Å². The number of hydrogen-bond acceptors (Lipinski definition) is 2. The van der Waals surface area contributed by atoms with Crippen LogP contribution < -0.4 is 0 Å². The predicted molar refractivity (Wildman–Crippen MR) is 82.7 cm³/mol. The molecule has 4 saturated carbocycles. The molecule has 0 amide bonds. The second-order valence-corrected chi connectivity index (χ2v) is 9.09. The summed E-state index contributed by atoms with van der Waals surface area (Å²) < 4.78 is 0. The monoisotopic (exact) mass is 290 g/mol. The van der Waals surface area contributed by atoms with Gasteiger partial charge in [0.25, 0.3) is 0 Å². The Kier molecular flexibility index (Phi) is 3.10. The lowest BCUT2D eigenvalue weighted by molar-refractivity contribution is -0.134. The van der Waals surface area contributed by atoms with Gasteiger partial charge in [-0.1, -0.05) is 6.92 Å². The van der Waals surface area contributed by atoms with Crippen molar-refractivity contribution in [1.29, 1.82) is 0 Å². The zero-order chi connectivity index (χ0) is 14.8. The van der Waals surface area contributed by atoms with Crippen LogP contribution in [0, 0.1) is 35.0 Å². The summed E-state index contributed by atoms with van der Waals surface area (Å²) in [6.45, 7) is 4.30. The summed E-state index contributed by atoms with van der Waals surface area (Å²) in [4.78, 5) is 12.3. The van der Waals surface area contributed by atoms with Crippen molar-refractivity contribution in [1.82, 2.24) is 0 Å². The van der Waals surface area contributed by atoms with Gasteiger partial charge in [0.2, 0.25) is 0 Å². The van der Waals surface area contributed by atoms with E-state index in [-0.39, 0.29) is 5.41 Å². The van der Waals surface area contributed by atoms with E-state index in [1.165, 1.54) is 25.7 Å². The molecule has 0 heterocycles. The largest absolute Gasteiger partial charge is 0.390 e. The third-order valence-corrected chi connectivity index (χ3v) is 7.95. The van der Waals surface area contributed by atoms with Gasteiger partial charge in [0, 0.05) is 11.8 Å². The summed E-state index contributed by atoms with van der Waals surface area (Å²) >= 11 is 0. The number of rotatable bonds is 0. The van der Waals surface area contributed by atoms with Crippen LogP contribution in [0.4, 0.5) is 0 Å². The molecule has 4 fully saturated rings. The predicted octanol–water partition coefficient (Wildman–Crippen LogP) is 3.96. The van der Waals surface area contributed by atoms with Crippen molar-refractivity contribution in [2.75, 3.05) is 0 Å². The van der Waals surface area contributed by atoms with E-state index in [1.54, 1.807) is 0 Å². The van der Waals surface area contributed by atoms with E-state index < -0.39 is 5.60 Å². The lowest BCUT2D eigenvalue weighted by Gasteiger charge is -2.55. The van der Waals surface area contributed by atoms with Crippen molar-refractivity contribution >= 4 is 5.78 Å². The standard InChI is InChI=1S/C19H30O2/c1-18(21)9-7-13-12(11-18)3-4-15-14(13)8-10-19(2)16(15)5-6-17(19)20/h12-16,21H,3-11H2,1-2H3. The van der Waals surface area contributed by atoms with E-state index in [0.717, 1.165) is 55.8 Å². The molecular weight excluding hydrogens is 260 g/mol. The molecule has 7 unspecified atom stereocenters. The Labute approximate surface area is 128 Å². The molecule has 0 aromatic carbocycles. The molecule has 0 spiro atoms. The highest BCUT2D eigenvalue weighted by Crippen LogP contribution is 2.61. The smallest absolute Gasteiger partial charge is 0.139 e. The minimum Gasteiger partial charge on any atom is -0.390 e. The van der Waals surface area contributed by atoms with Gasteiger partial charge in [-0.3, -0.25) is 4.79 Å². The van der Waals surface area contributed by atoms with Crippen molar-refractivity contribution < 1.29 is 9.90 Å². The van der Waals surface area contributed by atoms with E-state index in [4.69, 9.17) is 0 Å². The summed E-state index contributed by atoms with van der Waals surface area (Å²) in [7, 11) is 0. The van der Waals surface area contributed by atoms with Crippen LogP contribution in [0.2, 0.25) is 0 Å². The van der Waals surface area contributed by atoms with E-state index in [0.29, 0.717) is 11.7 Å². The van der Waals surface area contributed by atoms with Gasteiger partial charge in [-0.05, 0) is 87.9 Å². The number of ketones is 1. The first-order valence-electron chi connectivity index (χ1n) is 9.16. The highest BCUT2D eigenvalue weighted by atomic mass is 16.3. The molecule has 4 rings (SSSR count). The average Bonchev–Trinajstić information content (AvgIpc) is 2.73. The highest BCUT2D eigenvalue weighted by Gasteiger charge is 2.57. The molecule has 21 heavy (non-hydrogen) atoms. The minimum atomic E-state index is -0.416. The summed E-state index contributed by atoms with van der Waals surface area (Å²) in [6, 6.07) is 0. The van der Waals surface area contributed by atoms with Gasteiger partial charge < -0.3 is 5.11 Å². The van der Waals surface area contributed by atoms with Gasteiger partial charge in [-0.25, -0.2) is 0 Å². The topological polar surface area (TPSA) is 37.3 Å². The molecular formula is C19H30O2. The Morgan fingerprint density at radius 3 is 2.52 bits per heavy atom. The van der Waals surface area contributed by atoms with E-state index in [9.17, 15) is 9.90 Å². The second kappa shape index (κ2) is 4.57. The van der Waals surface area contributed by atoms with Gasteiger partial charge in [0.15, 0.2) is 0 Å². The summed E-state index contributed by atoms with van der Waals surface area (Å²) in [6.07, 6.45) is 10.2. The zero-order valence-corrected chi connectivity index (χ0v) is 13.6. The van der Waals surface area contributed by atoms with Crippen molar-refractivity contribution in [3.05, 3.63) is 0 Å². The first kappa shape index (κ1) is 14.2. The normalized spacial score (nSPS) is 56.5. The molecule has 0 aliphatic heterocycles. The fourth-order valence-electron chi connectivity index (χ4n) is 6.85. The second-order valence-electron chi connectivity index (χ2n) is 9.09. The van der Waals surface area contributed by atoms with Gasteiger partial charge in [0.05, 0.1) is 5.60 Å². The Hall–Kier alpha value is -0.370. The first-order valence-corrected chi connectivity index (χ1v) is 9.16. The van der Waals surface area contributed by atoms with Crippen LogP contribution in [0.1, 0.15) is 71.6 Å². The van der Waals surface area contributed by atoms with Crippen molar-refractivity contribution in [3.8, 4) is 0 Å². The van der Waals surface area contributed by atoms with Crippen LogP contribution in [0.25, 0.3) is 0 Å². The van der Waals surface area contributed by atoms with Crippen molar-refractivity contribution in [2.24, 2.45) is 35.0 Å². The van der Waals surface area contributed by atoms with E-state index >= 15 is 0 Å². The van der Waals surface area contributed by atoms with Crippen molar-refractivity contribution in [2.45, 2.75) is 77.2 Å². The molecule has 0 radical (unpaired) electrons. The molecule has 0 aromatic heterocycles. The Morgan fingerprint density at radius 2 is 1.71 bits per heavy atom. The van der Waals surface area contributed by atoms with Crippen LogP contribution in [-0.2, 0) is 4.79 Å². The fraction of sp³-hybridized carbons (Fsp3) is 0.947. The SMILES string of the molecule is CC1(O)CCC2C(CCC3C2CCC2(C)C(=O)CCC32)C1. The molecule has 0 aromatic rings. The van der Waals surface area contributed by atoms with Crippen LogP contribution in [0.5, 0.6) is 0 Å². The van der Waals surface area contributed by atoms with Crippen molar-refractivity contribution in [3.63, 3.8) is 0 Å². The van der Waals surface area contributed by atoms with Crippen LogP contribution in [-0.4, -0.2) is 16.5 Å². The van der Waals surface area contributed by atoms with E-state index in [1.807, 2.05) is 6.92 Å². The number of Topliss-reactive ketones (excluding diaryl/α,β-unsaturated/α-hetero) is 1. The van der Waals surface area contributed by atoms with E-state index in [2.05, 4.69) is 6.92 Å². The maximum absolute atomic E-state index is 12.3. The van der Waals surface area contributed by atoms with Crippen LogP contribution in [0.15, 0.2) is 0 Å². The first-order chi connectivity index (χ1) is 9.91. The number of aliphatic hydroxyl groups is 1. The molecule has 2 nitrogen and oxygen atoms in total. The lowest BCUT2D eigenvalue weighted by atomic mass is 9.50. The minimum absolute atomic E-state index is 0.0220. The number of fused-ring (bicyclic) bond motifs is 5. The molecule has 1 N–H and O–H groups in total. The summed E-state index contributed by atoms with van der Waals surface area (Å²) in [5.74, 6) is 4.47. The Morgan fingerprint density at radius 1 is 0.952 bits per heavy atom. The molecule has 4 aliphatic rings. The molecule has 7 atom stereocenters. The maximum Gasteiger partial charge on any atom is 0.139 e. The summed E-state index contributed by atoms with van der Waals surface area (Å²) in [5.41, 5.74) is -0.394. The van der Waals surface area contributed by atoms with Gasteiger partial charge in [-0.2, -0.15) is 0 Å². The zero-order valence-electron chi connectivity index (χ0n) is 13.6. The van der Waals surface area contributed by atoms with Gasteiger partial charge in [0.1, 0.15) is 5.78 Å². The Balaban J connectivity index is 1.57. The average molecular weight is 290 g/mol. The quantitative estimate of drug-likeness (QED) is 0.733. The fourth-order valence-corrected chi connectivity index (χ4v) is 6.85. The highest BCUT2D eigenvalue weighted by molar-refractivity contribution is 5.87. The third kappa shape index (κ3) is 2.04. The maximum atomic E-state index is 12.3. The number of hydrogen-bond donors (Lipinski definition) is 1. The molecule has 118 valence electrons. The Bertz CT molecular complexity index is 454. The third-order valence-electron chi connectivity index (χ3n) is 7.95. The summed E-state index contributed by atoms with van der Waals surface area (Å²) in [5, 5.41) is 10.4. The molecule has 4 aliphatic carbocycles. The van der Waals surface area contributed by atoms with Gasteiger partial charge in [-0.15, -0.1) is 0 Å². The van der Waals surface area contributed by atoms with Gasteiger partial charge >= 0.3 is 0 Å². The molecule has 0 bridgehead atoms. The van der Waals surface area contributed by atoms with Crippen LogP contribution >= 0.6 is 0 Å². The number of carbonyl (C=O) groups excluding carboxylic acids is 1. The number of carbonyl (C=O) groups is 1.